The van der Waals surface area contributed by atoms with Gasteiger partial charge in [-0.15, -0.1) is 0 Å². The highest BCUT2D eigenvalue weighted by atomic mass is 16.4. The molecule has 2 N–H and O–H groups in total. The summed E-state index contributed by atoms with van der Waals surface area (Å²) in [6, 6.07) is 1.75. The number of carbonyl (C=O) groups is 1. The van der Waals surface area contributed by atoms with Crippen LogP contribution in [-0.2, 0) is 4.79 Å². The third-order valence-electron chi connectivity index (χ3n) is 3.06. The Bertz CT molecular complexity index is 356. The van der Waals surface area contributed by atoms with Gasteiger partial charge in [-0.2, -0.15) is 0 Å². The normalized spacial score (nSPS) is 24.2. The molecule has 1 aromatic rings. The molecule has 0 aromatic carbocycles. The number of carboxylic acid groups (broad SMARTS) is 1. The van der Waals surface area contributed by atoms with Crippen LogP contribution in [0.1, 0.15) is 19.3 Å². The van der Waals surface area contributed by atoms with E-state index in [0.717, 1.165) is 19.3 Å². The molecule has 0 saturated heterocycles. The fourth-order valence-electron chi connectivity index (χ4n) is 2.22. The second-order valence-corrected chi connectivity index (χ2v) is 4.09. The molecule has 1 heterocycles. The highest BCUT2D eigenvalue weighted by Gasteiger charge is 2.32. The SMILES string of the molecule is O=C(O)C1CCCC1CNc1ncccn1. The van der Waals surface area contributed by atoms with E-state index in [1.54, 1.807) is 18.5 Å². The van der Waals surface area contributed by atoms with Crippen molar-refractivity contribution in [3.63, 3.8) is 0 Å². The van der Waals surface area contributed by atoms with Crippen molar-refractivity contribution in [1.82, 2.24) is 9.97 Å². The first-order chi connectivity index (χ1) is 7.77. The van der Waals surface area contributed by atoms with Crippen LogP contribution in [0.5, 0.6) is 0 Å². The van der Waals surface area contributed by atoms with Gasteiger partial charge in [0.15, 0.2) is 0 Å². The van der Waals surface area contributed by atoms with E-state index in [1.165, 1.54) is 0 Å². The van der Waals surface area contributed by atoms with Gasteiger partial charge in [-0.25, -0.2) is 9.97 Å². The summed E-state index contributed by atoms with van der Waals surface area (Å²) in [6.45, 7) is 0.640. The molecule has 0 radical (unpaired) electrons. The van der Waals surface area contributed by atoms with E-state index in [1.807, 2.05) is 0 Å². The Kier molecular flexibility index (Phi) is 3.34. The molecular weight excluding hydrogens is 206 g/mol. The lowest BCUT2D eigenvalue weighted by molar-refractivity contribution is -0.142. The predicted octanol–water partition coefficient (Wildman–Crippen LogP) is 1.39. The van der Waals surface area contributed by atoms with E-state index in [9.17, 15) is 4.79 Å². The van der Waals surface area contributed by atoms with Gasteiger partial charge in [0.05, 0.1) is 5.92 Å². The van der Waals surface area contributed by atoms with Crippen molar-refractivity contribution in [3.8, 4) is 0 Å². The molecule has 2 atom stereocenters. The summed E-state index contributed by atoms with van der Waals surface area (Å²) in [6.07, 6.45) is 6.09. The number of carboxylic acids is 1. The summed E-state index contributed by atoms with van der Waals surface area (Å²) in [5.74, 6) is -0.130. The quantitative estimate of drug-likeness (QED) is 0.803. The van der Waals surface area contributed by atoms with Gasteiger partial charge in [0.25, 0.3) is 0 Å². The van der Waals surface area contributed by atoms with Gasteiger partial charge in [0.2, 0.25) is 5.95 Å². The Morgan fingerprint density at radius 2 is 2.19 bits per heavy atom. The molecule has 1 fully saturated rings. The first-order valence-electron chi connectivity index (χ1n) is 5.51. The molecular formula is C11H15N3O2. The molecule has 16 heavy (non-hydrogen) atoms. The van der Waals surface area contributed by atoms with E-state index >= 15 is 0 Å². The third kappa shape index (κ3) is 2.48. The molecule has 0 amide bonds. The number of hydrogen-bond acceptors (Lipinski definition) is 4. The van der Waals surface area contributed by atoms with Gasteiger partial charge < -0.3 is 10.4 Å². The van der Waals surface area contributed by atoms with Crippen LogP contribution in [0.15, 0.2) is 18.5 Å². The van der Waals surface area contributed by atoms with Crippen molar-refractivity contribution in [2.75, 3.05) is 11.9 Å². The summed E-state index contributed by atoms with van der Waals surface area (Å²) in [7, 11) is 0. The van der Waals surface area contributed by atoms with Crippen LogP contribution in [0, 0.1) is 11.8 Å². The predicted molar refractivity (Wildman–Crippen MR) is 59.0 cm³/mol. The summed E-state index contributed by atoms with van der Waals surface area (Å²) in [5, 5.41) is 12.1. The van der Waals surface area contributed by atoms with Crippen LogP contribution in [0.4, 0.5) is 5.95 Å². The number of aliphatic carboxylic acids is 1. The van der Waals surface area contributed by atoms with Crippen molar-refractivity contribution in [2.24, 2.45) is 11.8 Å². The standard InChI is InChI=1S/C11H15N3O2/c15-10(16)9-4-1-3-8(9)7-14-11-12-5-2-6-13-11/h2,5-6,8-9H,1,3-4,7H2,(H,15,16)(H,12,13,14). The van der Waals surface area contributed by atoms with Gasteiger partial charge in [0.1, 0.15) is 0 Å². The van der Waals surface area contributed by atoms with Crippen LogP contribution >= 0.6 is 0 Å². The number of rotatable bonds is 4. The molecule has 0 bridgehead atoms. The summed E-state index contributed by atoms with van der Waals surface area (Å²) in [4.78, 5) is 19.0. The lowest BCUT2D eigenvalue weighted by Gasteiger charge is -2.15. The van der Waals surface area contributed by atoms with Crippen LogP contribution in [0.3, 0.4) is 0 Å². The minimum Gasteiger partial charge on any atom is -0.481 e. The average molecular weight is 221 g/mol. The molecule has 86 valence electrons. The van der Waals surface area contributed by atoms with E-state index in [-0.39, 0.29) is 11.8 Å². The molecule has 5 nitrogen and oxygen atoms in total. The van der Waals surface area contributed by atoms with Gasteiger partial charge >= 0.3 is 5.97 Å². The topological polar surface area (TPSA) is 75.1 Å². The van der Waals surface area contributed by atoms with Gasteiger partial charge in [-0.1, -0.05) is 6.42 Å². The number of nitrogens with zero attached hydrogens (tertiary/aromatic N) is 2. The molecule has 0 spiro atoms. The highest BCUT2D eigenvalue weighted by molar-refractivity contribution is 5.70. The molecule has 5 heteroatoms. The highest BCUT2D eigenvalue weighted by Crippen LogP contribution is 2.31. The maximum atomic E-state index is 11.0. The number of nitrogens with one attached hydrogen (secondary N) is 1. The maximum absolute atomic E-state index is 11.0. The molecule has 1 aromatic heterocycles. The van der Waals surface area contributed by atoms with Crippen molar-refractivity contribution in [3.05, 3.63) is 18.5 Å². The lowest BCUT2D eigenvalue weighted by atomic mass is 9.96. The maximum Gasteiger partial charge on any atom is 0.306 e. The Balaban J connectivity index is 1.88. The first kappa shape index (κ1) is 10.9. The van der Waals surface area contributed by atoms with Gasteiger partial charge in [-0.05, 0) is 24.8 Å². The van der Waals surface area contributed by atoms with Crippen molar-refractivity contribution in [2.45, 2.75) is 19.3 Å². The second-order valence-electron chi connectivity index (χ2n) is 4.09. The lowest BCUT2D eigenvalue weighted by Crippen LogP contribution is -2.24. The van der Waals surface area contributed by atoms with Gasteiger partial charge in [-0.3, -0.25) is 4.79 Å². The first-order valence-corrected chi connectivity index (χ1v) is 5.51. The fourth-order valence-corrected chi connectivity index (χ4v) is 2.22. The van der Waals surface area contributed by atoms with Crippen LogP contribution in [0.2, 0.25) is 0 Å². The second kappa shape index (κ2) is 4.92. The molecule has 1 aliphatic rings. The van der Waals surface area contributed by atoms with Crippen LogP contribution < -0.4 is 5.32 Å². The zero-order valence-electron chi connectivity index (χ0n) is 8.97. The van der Waals surface area contributed by atoms with Crippen LogP contribution in [0.25, 0.3) is 0 Å². The molecule has 1 saturated carbocycles. The van der Waals surface area contributed by atoms with Crippen LogP contribution in [-0.4, -0.2) is 27.6 Å². The van der Waals surface area contributed by atoms with Crippen molar-refractivity contribution in [1.29, 1.82) is 0 Å². The third-order valence-corrected chi connectivity index (χ3v) is 3.06. The number of anilines is 1. The Morgan fingerprint density at radius 3 is 2.88 bits per heavy atom. The van der Waals surface area contributed by atoms with E-state index < -0.39 is 5.97 Å². The zero-order chi connectivity index (χ0) is 11.4. The molecule has 0 aliphatic heterocycles. The molecule has 2 rings (SSSR count). The zero-order valence-corrected chi connectivity index (χ0v) is 8.97. The number of aromatic nitrogens is 2. The van der Waals surface area contributed by atoms with Crippen molar-refractivity contribution >= 4 is 11.9 Å². The van der Waals surface area contributed by atoms with E-state index in [4.69, 9.17) is 5.11 Å². The Labute approximate surface area is 93.9 Å². The fraction of sp³-hybridized carbons (Fsp3) is 0.545. The van der Waals surface area contributed by atoms with Gasteiger partial charge in [0, 0.05) is 18.9 Å². The Hall–Kier alpha value is -1.65. The minimum absolute atomic E-state index is 0.196. The molecule has 1 aliphatic carbocycles. The summed E-state index contributed by atoms with van der Waals surface area (Å²) < 4.78 is 0. The average Bonchev–Trinajstić information content (AvgIpc) is 2.76. The molecule has 2 unspecified atom stereocenters. The largest absolute Gasteiger partial charge is 0.481 e. The number of hydrogen-bond donors (Lipinski definition) is 2. The smallest absolute Gasteiger partial charge is 0.306 e. The van der Waals surface area contributed by atoms with Crippen molar-refractivity contribution < 1.29 is 9.90 Å². The van der Waals surface area contributed by atoms with E-state index in [2.05, 4.69) is 15.3 Å². The minimum atomic E-state index is -0.682. The summed E-state index contributed by atoms with van der Waals surface area (Å²) in [5.41, 5.74) is 0. The van der Waals surface area contributed by atoms with E-state index in [0.29, 0.717) is 12.5 Å². The summed E-state index contributed by atoms with van der Waals surface area (Å²) >= 11 is 0. The monoisotopic (exact) mass is 221 g/mol. The Morgan fingerprint density at radius 1 is 1.44 bits per heavy atom.